The smallest absolute Gasteiger partial charge is 1.00 e. The van der Waals surface area contributed by atoms with Gasteiger partial charge in [-0.15, -0.1) is 0 Å². The van der Waals surface area contributed by atoms with E-state index in [1.807, 2.05) is 0 Å². The van der Waals surface area contributed by atoms with Crippen LogP contribution in [-0.4, -0.2) is 29.4 Å². The maximum atomic E-state index is 8.88. The second-order valence-corrected chi connectivity index (χ2v) is 3.08. The van der Waals surface area contributed by atoms with Gasteiger partial charge < -0.3 is 35.1 Å². The van der Waals surface area contributed by atoms with Gasteiger partial charge >= 0.3 is 91.1 Å². The first-order valence-electron chi connectivity index (χ1n) is 1.57. The summed E-state index contributed by atoms with van der Waals surface area (Å²) in [6.45, 7) is 0. The van der Waals surface area contributed by atoms with Gasteiger partial charge in [-0.05, 0) is 0 Å². The summed E-state index contributed by atoms with van der Waals surface area (Å²) in [5.74, 6) is 0. The molecule has 0 radical (unpaired) electrons. The molecule has 0 aromatic carbocycles. The molecule has 0 saturated carbocycles. The van der Waals surface area contributed by atoms with Crippen molar-refractivity contribution >= 4 is 15.6 Å². The average molecular weight is 228 g/mol. The van der Waals surface area contributed by atoms with Gasteiger partial charge in [0.25, 0.3) is 0 Å². The van der Waals surface area contributed by atoms with Gasteiger partial charge in [-0.3, -0.25) is 0 Å². The van der Waals surface area contributed by atoms with Crippen LogP contribution in [0.25, 0.3) is 0 Å². The fraction of sp³-hybridized carbons (Fsp3) is 0. The summed E-state index contributed by atoms with van der Waals surface area (Å²) in [5, 5.41) is 0. The van der Waals surface area contributed by atoms with E-state index >= 15 is 0 Å². The maximum Gasteiger partial charge on any atom is 1.00 e. The van der Waals surface area contributed by atoms with E-state index in [0.29, 0.717) is 0 Å². The summed E-state index contributed by atoms with van der Waals surface area (Å²) in [7, 11) is -9.28. The molecule has 0 aliphatic carbocycles. The minimum absolute atomic E-state index is 0. The standard InChI is InChI=1S/4Li.2H3O4P.4H/c;;;;2*1-5(2,3)4;;;;/h;;;;2*(H3,1,2,3,4);;;;/q4*+1;;;4*-1. The van der Waals surface area contributed by atoms with Crippen LogP contribution in [0.1, 0.15) is 5.71 Å². The van der Waals surface area contributed by atoms with Gasteiger partial charge in [-0.25, -0.2) is 9.13 Å². The van der Waals surface area contributed by atoms with Crippen molar-refractivity contribution in [1.29, 1.82) is 0 Å². The molecule has 0 aromatic rings. The molecule has 6 N–H and O–H groups in total. The van der Waals surface area contributed by atoms with Crippen LogP contribution < -0.4 is 75.4 Å². The third-order valence-corrected chi connectivity index (χ3v) is 0. The summed E-state index contributed by atoms with van der Waals surface area (Å²) < 4.78 is 17.8. The van der Waals surface area contributed by atoms with Gasteiger partial charge in [0.15, 0.2) is 0 Å². The zero-order chi connectivity index (χ0) is 9.00. The molecule has 0 fully saturated rings. The molecule has 0 rings (SSSR count). The van der Waals surface area contributed by atoms with E-state index in [2.05, 4.69) is 0 Å². The summed E-state index contributed by atoms with van der Waals surface area (Å²) >= 11 is 0. The minimum atomic E-state index is -4.64. The topological polar surface area (TPSA) is 156 Å². The van der Waals surface area contributed by atoms with Gasteiger partial charge in [-0.1, -0.05) is 0 Å². The van der Waals surface area contributed by atoms with Crippen LogP contribution >= 0.6 is 15.6 Å². The van der Waals surface area contributed by atoms with Crippen molar-refractivity contribution < 1.29 is 120 Å². The molecule has 0 aromatic heterocycles. The summed E-state index contributed by atoms with van der Waals surface area (Å²) in [6, 6.07) is 0. The molecule has 8 nitrogen and oxygen atoms in total. The van der Waals surface area contributed by atoms with E-state index in [9.17, 15) is 0 Å². The fourth-order valence-electron chi connectivity index (χ4n) is 0. The first kappa shape index (κ1) is 36.0. The Morgan fingerprint density at radius 2 is 0.571 bits per heavy atom. The Morgan fingerprint density at radius 1 is 0.571 bits per heavy atom. The fourth-order valence-corrected chi connectivity index (χ4v) is 0. The molecular formula is H10Li4O8P2. The van der Waals surface area contributed by atoms with Crippen molar-refractivity contribution in [3.8, 4) is 0 Å². The average Bonchev–Trinajstić information content (AvgIpc) is 1.12. The summed E-state index contributed by atoms with van der Waals surface area (Å²) in [5.41, 5.74) is 0. The Balaban J connectivity index is -0.00000000615. The minimum Gasteiger partial charge on any atom is -1.00 e. The van der Waals surface area contributed by atoms with Gasteiger partial charge in [0.2, 0.25) is 0 Å². The van der Waals surface area contributed by atoms with E-state index in [1.54, 1.807) is 0 Å². The molecule has 0 heterocycles. The van der Waals surface area contributed by atoms with Crippen LogP contribution in [0.2, 0.25) is 0 Å². The maximum absolute atomic E-state index is 8.88. The van der Waals surface area contributed by atoms with Crippen molar-refractivity contribution in [2.45, 2.75) is 0 Å². The molecule has 0 atom stereocenters. The molecular weight excluding hydrogens is 218 g/mol. The second kappa shape index (κ2) is 15.6. The Morgan fingerprint density at radius 3 is 0.571 bits per heavy atom. The first-order valence-corrected chi connectivity index (χ1v) is 4.70. The van der Waals surface area contributed by atoms with Gasteiger partial charge in [0, 0.05) is 0 Å². The van der Waals surface area contributed by atoms with E-state index < -0.39 is 15.6 Å². The van der Waals surface area contributed by atoms with Crippen LogP contribution in [0.5, 0.6) is 0 Å². The molecule has 0 bridgehead atoms. The SMILES string of the molecule is O=P(O)(O)O.O=P(O)(O)O.[H-].[H-].[H-].[H-].[Li+].[Li+].[Li+].[Li+]. The Kier molecular flexibility index (Phi) is 40.1. The Labute approximate surface area is 134 Å². The number of hydrogen-bond donors (Lipinski definition) is 6. The van der Waals surface area contributed by atoms with Crippen molar-refractivity contribution in [2.24, 2.45) is 0 Å². The summed E-state index contributed by atoms with van der Waals surface area (Å²) in [6.07, 6.45) is 0. The molecule has 72 valence electrons. The second-order valence-electron chi connectivity index (χ2n) is 1.03. The van der Waals surface area contributed by atoms with Crippen LogP contribution in [0.3, 0.4) is 0 Å². The quantitative estimate of drug-likeness (QED) is 0.176. The molecule has 0 saturated heterocycles. The van der Waals surface area contributed by atoms with Crippen molar-refractivity contribution in [1.82, 2.24) is 0 Å². The van der Waals surface area contributed by atoms with Gasteiger partial charge in [0.05, 0.1) is 0 Å². The van der Waals surface area contributed by atoms with Crippen molar-refractivity contribution in [3.05, 3.63) is 0 Å². The van der Waals surface area contributed by atoms with Crippen molar-refractivity contribution in [3.63, 3.8) is 0 Å². The number of hydrogen-bond acceptors (Lipinski definition) is 2. The van der Waals surface area contributed by atoms with E-state index in [4.69, 9.17) is 38.5 Å². The number of rotatable bonds is 0. The zero-order valence-electron chi connectivity index (χ0n) is 12.4. The predicted octanol–water partition coefficient (Wildman–Crippen LogP) is -13.4. The van der Waals surface area contributed by atoms with Gasteiger partial charge in [-0.2, -0.15) is 0 Å². The zero-order valence-corrected chi connectivity index (χ0v) is 10.2. The Bertz CT molecular complexity index is 145. The van der Waals surface area contributed by atoms with Crippen LogP contribution in [0.4, 0.5) is 0 Å². The molecule has 0 aliphatic heterocycles. The van der Waals surface area contributed by atoms with Gasteiger partial charge in [0.1, 0.15) is 0 Å². The normalized spacial score (nSPS) is 8.43. The molecule has 14 heteroatoms. The predicted molar refractivity (Wildman–Crippen MR) is 33.0 cm³/mol. The third kappa shape index (κ3) is 397. The molecule has 0 aliphatic rings. The molecule has 14 heavy (non-hydrogen) atoms. The summed E-state index contributed by atoms with van der Waals surface area (Å²) in [4.78, 5) is 43.1. The first-order chi connectivity index (χ1) is 4.00. The van der Waals surface area contributed by atoms with Crippen molar-refractivity contribution in [2.75, 3.05) is 0 Å². The van der Waals surface area contributed by atoms with Crippen LogP contribution in [-0.2, 0) is 9.13 Å². The largest absolute Gasteiger partial charge is 1.00 e. The van der Waals surface area contributed by atoms with Crippen LogP contribution in [0.15, 0.2) is 0 Å². The molecule has 0 unspecified atom stereocenters. The molecule has 0 amide bonds. The monoisotopic (exact) mass is 228 g/mol. The molecule has 0 spiro atoms. The Hall–Kier alpha value is 2.61. The number of phosphoric acid groups is 2. The van der Waals surface area contributed by atoms with E-state index in [-0.39, 0.29) is 81.1 Å². The van der Waals surface area contributed by atoms with Crippen LogP contribution in [0, 0.1) is 0 Å². The third-order valence-electron chi connectivity index (χ3n) is 0. The van der Waals surface area contributed by atoms with E-state index in [0.717, 1.165) is 0 Å². The van der Waals surface area contributed by atoms with E-state index in [1.165, 1.54) is 0 Å².